The first-order valence-corrected chi connectivity index (χ1v) is 10.7. The number of amides is 1. The number of methoxy groups -OCH3 is 1. The van der Waals surface area contributed by atoms with Crippen molar-refractivity contribution >= 4 is 38.9 Å². The van der Waals surface area contributed by atoms with Crippen molar-refractivity contribution in [3.8, 4) is 5.75 Å². The number of carbonyl (C=O) groups is 1. The number of nitrogens with one attached hydrogen (secondary N) is 2. The SMILES string of the molecule is COc1ccc(NS(=O)(=O)c2cc(NC(=O)CC3C=CCC3)ccc2Cl)cc1. The molecule has 0 radical (unpaired) electrons. The van der Waals surface area contributed by atoms with Crippen LogP contribution in [0.1, 0.15) is 19.3 Å². The van der Waals surface area contributed by atoms with Crippen molar-refractivity contribution in [2.24, 2.45) is 5.92 Å². The van der Waals surface area contributed by atoms with Gasteiger partial charge in [-0.15, -0.1) is 0 Å². The monoisotopic (exact) mass is 420 g/mol. The van der Waals surface area contributed by atoms with E-state index in [-0.39, 0.29) is 21.7 Å². The maximum absolute atomic E-state index is 12.7. The lowest BCUT2D eigenvalue weighted by Crippen LogP contribution is -2.17. The molecule has 28 heavy (non-hydrogen) atoms. The van der Waals surface area contributed by atoms with Gasteiger partial charge in [0, 0.05) is 17.8 Å². The van der Waals surface area contributed by atoms with Crippen molar-refractivity contribution in [3.05, 3.63) is 59.6 Å². The zero-order valence-electron chi connectivity index (χ0n) is 15.3. The van der Waals surface area contributed by atoms with Gasteiger partial charge >= 0.3 is 0 Å². The van der Waals surface area contributed by atoms with E-state index in [1.54, 1.807) is 30.3 Å². The molecule has 2 aromatic rings. The molecule has 0 saturated carbocycles. The second-order valence-electron chi connectivity index (χ2n) is 6.50. The van der Waals surface area contributed by atoms with Crippen LogP contribution in [0.15, 0.2) is 59.5 Å². The molecule has 1 aliphatic rings. The van der Waals surface area contributed by atoms with Gasteiger partial charge in [0.2, 0.25) is 5.91 Å². The normalized spacial score (nSPS) is 16.0. The summed E-state index contributed by atoms with van der Waals surface area (Å²) >= 11 is 6.11. The number of sulfonamides is 1. The fraction of sp³-hybridized carbons (Fsp3) is 0.250. The van der Waals surface area contributed by atoms with Crippen LogP contribution in [0.5, 0.6) is 5.75 Å². The molecule has 8 heteroatoms. The second-order valence-corrected chi connectivity index (χ2v) is 8.56. The third-order valence-corrected chi connectivity index (χ3v) is 6.27. The van der Waals surface area contributed by atoms with Crippen LogP contribution < -0.4 is 14.8 Å². The lowest BCUT2D eigenvalue weighted by molar-refractivity contribution is -0.116. The van der Waals surface area contributed by atoms with E-state index in [0.717, 1.165) is 12.8 Å². The van der Waals surface area contributed by atoms with Gasteiger partial charge < -0.3 is 10.1 Å². The minimum atomic E-state index is -3.93. The highest BCUT2D eigenvalue weighted by molar-refractivity contribution is 7.92. The third-order valence-electron chi connectivity index (χ3n) is 4.41. The minimum absolute atomic E-state index is 0.0673. The summed E-state index contributed by atoms with van der Waals surface area (Å²) in [5.74, 6) is 0.681. The first-order chi connectivity index (χ1) is 13.4. The van der Waals surface area contributed by atoms with Gasteiger partial charge in [-0.05, 0) is 61.2 Å². The summed E-state index contributed by atoms with van der Waals surface area (Å²) in [6, 6.07) is 10.9. The average molecular weight is 421 g/mol. The van der Waals surface area contributed by atoms with Crippen LogP contribution in [0.2, 0.25) is 5.02 Å². The first kappa shape index (κ1) is 20.2. The number of hydrogen-bond donors (Lipinski definition) is 2. The number of halogens is 1. The van der Waals surface area contributed by atoms with E-state index in [4.69, 9.17) is 16.3 Å². The Bertz CT molecular complexity index is 988. The fourth-order valence-corrected chi connectivity index (χ4v) is 4.56. The highest BCUT2D eigenvalue weighted by Crippen LogP contribution is 2.28. The van der Waals surface area contributed by atoms with E-state index in [9.17, 15) is 13.2 Å². The minimum Gasteiger partial charge on any atom is -0.497 e. The molecule has 0 heterocycles. The van der Waals surface area contributed by atoms with E-state index in [2.05, 4.69) is 16.1 Å². The van der Waals surface area contributed by atoms with Gasteiger partial charge in [-0.2, -0.15) is 0 Å². The van der Waals surface area contributed by atoms with Crippen molar-refractivity contribution in [1.82, 2.24) is 0 Å². The summed E-state index contributed by atoms with van der Waals surface area (Å²) in [5, 5.41) is 2.81. The van der Waals surface area contributed by atoms with Crippen molar-refractivity contribution in [3.63, 3.8) is 0 Å². The quantitative estimate of drug-likeness (QED) is 0.648. The Balaban J connectivity index is 1.75. The summed E-state index contributed by atoms with van der Waals surface area (Å²) in [4.78, 5) is 12.1. The number of anilines is 2. The van der Waals surface area contributed by atoms with Gasteiger partial charge in [-0.3, -0.25) is 9.52 Å². The standard InChI is InChI=1S/C20H21ClN2O4S/c1-27-17-9-6-15(7-10-17)23-28(25,26)19-13-16(8-11-18(19)21)22-20(24)12-14-4-2-3-5-14/h2,4,6-11,13-14,23H,3,5,12H2,1H3,(H,22,24). The fourth-order valence-electron chi connectivity index (χ4n) is 2.97. The van der Waals surface area contributed by atoms with Crippen LogP contribution in [-0.2, 0) is 14.8 Å². The molecular formula is C20H21ClN2O4S. The number of ether oxygens (including phenoxy) is 1. The smallest absolute Gasteiger partial charge is 0.263 e. The molecule has 0 aromatic heterocycles. The average Bonchev–Trinajstić information content (AvgIpc) is 3.16. The van der Waals surface area contributed by atoms with Gasteiger partial charge in [0.25, 0.3) is 10.0 Å². The van der Waals surface area contributed by atoms with Crippen molar-refractivity contribution in [2.75, 3.05) is 17.1 Å². The Morgan fingerprint density at radius 1 is 1.18 bits per heavy atom. The number of rotatable bonds is 7. The largest absolute Gasteiger partial charge is 0.497 e. The molecule has 0 fully saturated rings. The number of carbonyl (C=O) groups excluding carboxylic acids is 1. The van der Waals surface area contributed by atoms with E-state index >= 15 is 0 Å². The van der Waals surface area contributed by atoms with Crippen LogP contribution in [0.25, 0.3) is 0 Å². The van der Waals surface area contributed by atoms with Crippen molar-refractivity contribution < 1.29 is 17.9 Å². The molecule has 2 aromatic carbocycles. The van der Waals surface area contributed by atoms with Gasteiger partial charge in [0.1, 0.15) is 10.6 Å². The number of allylic oxidation sites excluding steroid dienone is 2. The molecule has 148 valence electrons. The summed E-state index contributed by atoms with van der Waals surface area (Å²) in [6.07, 6.45) is 6.41. The molecule has 0 spiro atoms. The highest BCUT2D eigenvalue weighted by Gasteiger charge is 2.20. The van der Waals surface area contributed by atoms with E-state index in [0.29, 0.717) is 23.5 Å². The number of hydrogen-bond acceptors (Lipinski definition) is 4. The number of benzene rings is 2. The molecule has 6 nitrogen and oxygen atoms in total. The van der Waals surface area contributed by atoms with E-state index in [1.807, 2.05) is 6.08 Å². The molecule has 2 N–H and O–H groups in total. The predicted octanol–water partition coefficient (Wildman–Crippen LogP) is 4.44. The molecule has 1 aliphatic carbocycles. The van der Waals surface area contributed by atoms with Gasteiger partial charge in [-0.1, -0.05) is 23.8 Å². The molecule has 1 atom stereocenters. The Hall–Kier alpha value is -2.51. The van der Waals surface area contributed by atoms with Crippen LogP contribution in [0, 0.1) is 5.92 Å². The van der Waals surface area contributed by atoms with Gasteiger partial charge in [0.05, 0.1) is 12.1 Å². The summed E-state index contributed by atoms with van der Waals surface area (Å²) in [5.41, 5.74) is 0.755. The third kappa shape index (κ3) is 5.05. The van der Waals surface area contributed by atoms with E-state index in [1.165, 1.54) is 19.2 Å². The summed E-state index contributed by atoms with van der Waals surface area (Å²) < 4.78 is 33.0. The molecule has 0 aliphatic heterocycles. The Kier molecular flexibility index (Phi) is 6.26. The lowest BCUT2D eigenvalue weighted by Gasteiger charge is -2.13. The molecule has 3 rings (SSSR count). The second kappa shape index (κ2) is 8.67. The zero-order valence-corrected chi connectivity index (χ0v) is 16.9. The first-order valence-electron chi connectivity index (χ1n) is 8.80. The lowest BCUT2D eigenvalue weighted by atomic mass is 10.1. The summed E-state index contributed by atoms with van der Waals surface area (Å²) in [7, 11) is -2.40. The highest BCUT2D eigenvalue weighted by atomic mass is 35.5. The van der Waals surface area contributed by atoms with Crippen LogP contribution in [-0.4, -0.2) is 21.4 Å². The van der Waals surface area contributed by atoms with Crippen molar-refractivity contribution in [1.29, 1.82) is 0 Å². The Morgan fingerprint density at radius 2 is 1.89 bits per heavy atom. The molecule has 1 amide bonds. The van der Waals surface area contributed by atoms with Crippen molar-refractivity contribution in [2.45, 2.75) is 24.2 Å². The van der Waals surface area contributed by atoms with E-state index < -0.39 is 10.0 Å². The maximum Gasteiger partial charge on any atom is 0.263 e. The van der Waals surface area contributed by atoms with Crippen LogP contribution in [0.4, 0.5) is 11.4 Å². The molecular weight excluding hydrogens is 400 g/mol. The van der Waals surface area contributed by atoms with Crippen LogP contribution >= 0.6 is 11.6 Å². The van der Waals surface area contributed by atoms with Crippen LogP contribution in [0.3, 0.4) is 0 Å². The Labute approximate surface area is 169 Å². The zero-order chi connectivity index (χ0) is 20.1. The van der Waals surface area contributed by atoms with Gasteiger partial charge in [-0.25, -0.2) is 8.42 Å². The predicted molar refractivity (Wildman–Crippen MR) is 110 cm³/mol. The molecule has 1 unspecified atom stereocenters. The molecule has 0 saturated heterocycles. The summed E-state index contributed by atoms with van der Waals surface area (Å²) in [6.45, 7) is 0. The maximum atomic E-state index is 12.7. The topological polar surface area (TPSA) is 84.5 Å². The molecule has 0 bridgehead atoms. The van der Waals surface area contributed by atoms with Gasteiger partial charge in [0.15, 0.2) is 0 Å². The Morgan fingerprint density at radius 3 is 2.54 bits per heavy atom.